The van der Waals surface area contributed by atoms with Crippen LogP contribution in [0, 0.1) is 5.92 Å². The predicted octanol–water partition coefficient (Wildman–Crippen LogP) is 6.68. The van der Waals surface area contributed by atoms with Crippen LogP contribution in [0.15, 0.2) is 78.9 Å². The summed E-state index contributed by atoms with van der Waals surface area (Å²) in [6.07, 6.45) is 2.58. The van der Waals surface area contributed by atoms with Gasteiger partial charge in [-0.05, 0) is 72.7 Å². The Balaban J connectivity index is 1.40. The minimum atomic E-state index is -0.576. The number of carbonyl (C=O) groups is 2. The molecule has 0 saturated carbocycles. The van der Waals surface area contributed by atoms with E-state index in [1.807, 2.05) is 67.3 Å². The molecule has 1 heterocycles. The predicted molar refractivity (Wildman–Crippen MR) is 144 cm³/mol. The fraction of sp³-hybridized carbons (Fsp3) is 0.333. The first-order chi connectivity index (χ1) is 17.4. The maximum Gasteiger partial charge on any atom is 0.252 e. The van der Waals surface area contributed by atoms with Crippen molar-refractivity contribution in [2.75, 3.05) is 13.1 Å². The smallest absolute Gasteiger partial charge is 0.252 e. The summed E-state index contributed by atoms with van der Waals surface area (Å²) in [6, 6.07) is 23.9. The number of halogens is 1. The zero-order valence-electron chi connectivity index (χ0n) is 20.8. The summed E-state index contributed by atoms with van der Waals surface area (Å²) in [5, 5.41) is 3.75. The Morgan fingerprint density at radius 2 is 1.64 bits per heavy atom. The zero-order valence-corrected chi connectivity index (χ0v) is 21.6. The Kier molecular flexibility index (Phi) is 8.65. The van der Waals surface area contributed by atoms with Crippen molar-refractivity contribution in [3.8, 4) is 11.5 Å². The van der Waals surface area contributed by atoms with Gasteiger partial charge in [-0.25, -0.2) is 0 Å². The van der Waals surface area contributed by atoms with Crippen molar-refractivity contribution in [2.24, 2.45) is 5.92 Å². The minimum Gasteiger partial charge on any atom is -0.457 e. The molecule has 0 aliphatic carbocycles. The summed E-state index contributed by atoms with van der Waals surface area (Å²) in [5.41, 5.74) is 1.72. The lowest BCUT2D eigenvalue weighted by atomic mass is 9.88. The maximum absolute atomic E-state index is 13.5. The van der Waals surface area contributed by atoms with E-state index in [0.29, 0.717) is 36.1 Å². The highest BCUT2D eigenvalue weighted by molar-refractivity contribution is 6.30. The molecule has 5 nitrogen and oxygen atoms in total. The van der Waals surface area contributed by atoms with Gasteiger partial charge >= 0.3 is 0 Å². The van der Waals surface area contributed by atoms with Gasteiger partial charge in [0.15, 0.2) is 0 Å². The van der Waals surface area contributed by atoms with Crippen LogP contribution < -0.4 is 10.1 Å². The van der Waals surface area contributed by atoms with E-state index in [0.717, 1.165) is 24.3 Å². The van der Waals surface area contributed by atoms with Crippen LogP contribution in [0.3, 0.4) is 0 Å². The van der Waals surface area contributed by atoms with Crippen LogP contribution in [0.4, 0.5) is 0 Å². The molecule has 1 fully saturated rings. The lowest BCUT2D eigenvalue weighted by molar-refractivity contribution is -0.135. The molecular formula is C30H33ClN2O3. The Morgan fingerprint density at radius 3 is 2.31 bits per heavy atom. The number of hydrogen-bond donors (Lipinski definition) is 1. The molecule has 0 radical (unpaired) electrons. The molecule has 0 aromatic heterocycles. The third-order valence-corrected chi connectivity index (χ3v) is 7.24. The highest BCUT2D eigenvalue weighted by atomic mass is 35.5. The summed E-state index contributed by atoms with van der Waals surface area (Å²) >= 11 is 6.03. The number of hydrogen-bond acceptors (Lipinski definition) is 3. The van der Waals surface area contributed by atoms with Crippen molar-refractivity contribution >= 4 is 23.4 Å². The van der Waals surface area contributed by atoms with Crippen LogP contribution in [-0.2, 0) is 4.79 Å². The largest absolute Gasteiger partial charge is 0.457 e. The van der Waals surface area contributed by atoms with Gasteiger partial charge in [0.25, 0.3) is 5.91 Å². The van der Waals surface area contributed by atoms with Crippen LogP contribution in [0.1, 0.15) is 54.9 Å². The van der Waals surface area contributed by atoms with Crippen LogP contribution in [0.25, 0.3) is 0 Å². The molecular weight excluding hydrogens is 472 g/mol. The molecule has 0 spiro atoms. The Labute approximate surface area is 218 Å². The second-order valence-electron chi connectivity index (χ2n) is 9.43. The van der Waals surface area contributed by atoms with Crippen LogP contribution >= 0.6 is 11.6 Å². The number of para-hydroxylation sites is 1. The maximum atomic E-state index is 13.5. The number of nitrogens with zero attached hydrogens (tertiary/aromatic N) is 1. The topological polar surface area (TPSA) is 58.6 Å². The molecule has 2 atom stereocenters. The number of carbonyl (C=O) groups excluding carboxylic acids is 2. The van der Waals surface area contributed by atoms with Gasteiger partial charge in [-0.3, -0.25) is 9.59 Å². The van der Waals surface area contributed by atoms with Crippen molar-refractivity contribution in [3.05, 3.63) is 95.0 Å². The molecule has 1 N–H and O–H groups in total. The molecule has 6 heteroatoms. The standard InChI is InChI=1S/C30H33ClN2O3/c1-3-21(2)28(30(35)33-18-16-23(17-19-33)22-12-14-25(31)15-13-22)32-29(34)24-8-7-11-27(20-24)36-26-9-5-4-6-10-26/h4-15,20-21,23,28H,3,16-19H2,1-2H3,(H,32,34)/t21-,28+/m0/s1. The molecule has 0 unspecified atom stereocenters. The third kappa shape index (κ3) is 6.46. The quantitative estimate of drug-likeness (QED) is 0.372. The van der Waals surface area contributed by atoms with Crippen molar-refractivity contribution < 1.29 is 14.3 Å². The van der Waals surface area contributed by atoms with E-state index < -0.39 is 6.04 Å². The number of rotatable bonds is 8. The number of piperidine rings is 1. The lowest BCUT2D eigenvalue weighted by Gasteiger charge is -2.36. The van der Waals surface area contributed by atoms with Gasteiger partial charge in [0, 0.05) is 23.7 Å². The Hall–Kier alpha value is -3.31. The number of benzene rings is 3. The number of nitrogens with one attached hydrogen (secondary N) is 1. The average molecular weight is 505 g/mol. The van der Waals surface area contributed by atoms with E-state index >= 15 is 0 Å². The number of likely N-dealkylation sites (tertiary alicyclic amines) is 1. The highest BCUT2D eigenvalue weighted by Gasteiger charge is 2.32. The zero-order chi connectivity index (χ0) is 25.5. The lowest BCUT2D eigenvalue weighted by Crippen LogP contribution is -2.53. The van der Waals surface area contributed by atoms with Crippen molar-refractivity contribution in [1.82, 2.24) is 10.2 Å². The molecule has 0 bridgehead atoms. The Morgan fingerprint density at radius 1 is 0.972 bits per heavy atom. The van der Waals surface area contributed by atoms with E-state index in [-0.39, 0.29) is 17.7 Å². The molecule has 2 amide bonds. The SMILES string of the molecule is CC[C@H](C)[C@@H](NC(=O)c1cccc(Oc2ccccc2)c1)C(=O)N1CCC(c2ccc(Cl)cc2)CC1. The molecule has 1 aliphatic rings. The van der Waals surface area contributed by atoms with Gasteiger partial charge < -0.3 is 15.0 Å². The van der Waals surface area contributed by atoms with Crippen LogP contribution in [0.2, 0.25) is 5.02 Å². The first kappa shape index (κ1) is 25.8. The normalized spacial score (nSPS) is 15.7. The third-order valence-electron chi connectivity index (χ3n) is 6.99. The molecule has 4 rings (SSSR count). The van der Waals surface area contributed by atoms with Crippen LogP contribution in [-0.4, -0.2) is 35.8 Å². The first-order valence-electron chi connectivity index (χ1n) is 12.6. The molecule has 188 valence electrons. The van der Waals surface area contributed by atoms with Gasteiger partial charge in [0.05, 0.1) is 0 Å². The minimum absolute atomic E-state index is 0.0102. The summed E-state index contributed by atoms with van der Waals surface area (Å²) in [4.78, 5) is 28.6. The van der Waals surface area contributed by atoms with Crippen LogP contribution in [0.5, 0.6) is 11.5 Å². The van der Waals surface area contributed by atoms with Crippen molar-refractivity contribution in [1.29, 1.82) is 0 Å². The molecule has 1 saturated heterocycles. The summed E-state index contributed by atoms with van der Waals surface area (Å²) in [5.74, 6) is 1.41. The fourth-order valence-corrected chi connectivity index (χ4v) is 4.72. The summed E-state index contributed by atoms with van der Waals surface area (Å²) < 4.78 is 5.88. The Bertz CT molecular complexity index is 1160. The molecule has 36 heavy (non-hydrogen) atoms. The van der Waals surface area contributed by atoms with Crippen molar-refractivity contribution in [2.45, 2.75) is 45.1 Å². The average Bonchev–Trinajstić information content (AvgIpc) is 2.92. The molecule has 3 aromatic rings. The summed E-state index contributed by atoms with van der Waals surface area (Å²) in [7, 11) is 0. The van der Waals surface area contributed by atoms with Gasteiger partial charge in [0.2, 0.25) is 5.91 Å². The van der Waals surface area contributed by atoms with E-state index in [1.165, 1.54) is 5.56 Å². The van der Waals surface area contributed by atoms with Gasteiger partial charge in [-0.1, -0.05) is 68.3 Å². The van der Waals surface area contributed by atoms with Gasteiger partial charge in [-0.15, -0.1) is 0 Å². The van der Waals surface area contributed by atoms with E-state index in [2.05, 4.69) is 17.4 Å². The number of amides is 2. The molecule has 3 aromatic carbocycles. The monoisotopic (exact) mass is 504 g/mol. The van der Waals surface area contributed by atoms with Gasteiger partial charge in [-0.2, -0.15) is 0 Å². The second kappa shape index (κ2) is 12.1. The van der Waals surface area contributed by atoms with Crippen molar-refractivity contribution in [3.63, 3.8) is 0 Å². The highest BCUT2D eigenvalue weighted by Crippen LogP contribution is 2.30. The number of ether oxygens (including phenoxy) is 1. The first-order valence-corrected chi connectivity index (χ1v) is 13.0. The van der Waals surface area contributed by atoms with E-state index in [4.69, 9.17) is 16.3 Å². The van der Waals surface area contributed by atoms with E-state index in [9.17, 15) is 9.59 Å². The fourth-order valence-electron chi connectivity index (χ4n) is 4.60. The second-order valence-corrected chi connectivity index (χ2v) is 9.87. The van der Waals surface area contributed by atoms with Gasteiger partial charge in [0.1, 0.15) is 17.5 Å². The molecule has 1 aliphatic heterocycles. The summed E-state index contributed by atoms with van der Waals surface area (Å²) in [6.45, 7) is 5.40. The van der Waals surface area contributed by atoms with E-state index in [1.54, 1.807) is 18.2 Å².